The number of hydrogen-bond acceptors (Lipinski definition) is 5. The summed E-state index contributed by atoms with van der Waals surface area (Å²) in [6, 6.07) is 7.00. The Labute approximate surface area is 98.7 Å². The molecule has 0 aliphatic rings. The predicted molar refractivity (Wildman–Crippen MR) is 61.4 cm³/mol. The van der Waals surface area contributed by atoms with Gasteiger partial charge in [0.25, 0.3) is 0 Å². The highest BCUT2D eigenvalue weighted by Crippen LogP contribution is 2.17. The Balaban J connectivity index is 2.30. The van der Waals surface area contributed by atoms with E-state index in [1.807, 2.05) is 0 Å². The summed E-state index contributed by atoms with van der Waals surface area (Å²) in [5.41, 5.74) is 1.39. The van der Waals surface area contributed by atoms with E-state index in [4.69, 9.17) is 0 Å². The lowest BCUT2D eigenvalue weighted by molar-refractivity contribution is 0.419. The number of aromatic nitrogens is 2. The van der Waals surface area contributed by atoms with E-state index in [2.05, 4.69) is 19.4 Å². The van der Waals surface area contributed by atoms with Crippen LogP contribution in [0.4, 0.5) is 0 Å². The van der Waals surface area contributed by atoms with Crippen molar-refractivity contribution in [1.29, 1.82) is 0 Å². The molecule has 0 spiro atoms. The second kappa shape index (κ2) is 4.64. The van der Waals surface area contributed by atoms with E-state index in [-0.39, 0.29) is 5.75 Å². The van der Waals surface area contributed by atoms with Crippen molar-refractivity contribution in [2.24, 2.45) is 0 Å². The van der Waals surface area contributed by atoms with Gasteiger partial charge in [-0.05, 0) is 18.7 Å². The van der Waals surface area contributed by atoms with Crippen LogP contribution in [0.5, 0.6) is 0 Å². The van der Waals surface area contributed by atoms with Crippen molar-refractivity contribution in [3.63, 3.8) is 0 Å². The highest BCUT2D eigenvalue weighted by Gasteiger charge is 2.10. The summed E-state index contributed by atoms with van der Waals surface area (Å²) in [5.74, 6) is 0.364. The van der Waals surface area contributed by atoms with Crippen LogP contribution >= 0.6 is 0 Å². The fourth-order valence-electron chi connectivity index (χ4n) is 1.39. The first-order valence-corrected chi connectivity index (χ1v) is 6.53. The third-order valence-corrected chi connectivity index (χ3v) is 3.55. The summed E-state index contributed by atoms with van der Waals surface area (Å²) in [5, 5.41) is 3.69. The topological polar surface area (TPSA) is 85.1 Å². The number of nitrogens with zero attached hydrogens (tertiary/aromatic N) is 2. The zero-order valence-corrected chi connectivity index (χ0v) is 9.94. The Hall–Kier alpha value is -1.73. The van der Waals surface area contributed by atoms with E-state index in [1.165, 1.54) is 13.4 Å². The Kier molecular flexibility index (Phi) is 3.21. The Morgan fingerprint density at radius 3 is 2.88 bits per heavy atom. The van der Waals surface area contributed by atoms with Crippen LogP contribution in [0.25, 0.3) is 11.4 Å². The lowest BCUT2D eigenvalue weighted by Gasteiger charge is -2.03. The van der Waals surface area contributed by atoms with Gasteiger partial charge in [-0.3, -0.25) is 0 Å². The molecule has 0 saturated carbocycles. The van der Waals surface area contributed by atoms with Gasteiger partial charge in [0, 0.05) is 5.56 Å². The minimum Gasteiger partial charge on any atom is -0.342 e. The van der Waals surface area contributed by atoms with E-state index in [0.717, 1.165) is 5.56 Å². The van der Waals surface area contributed by atoms with Crippen molar-refractivity contribution in [1.82, 2.24) is 14.9 Å². The zero-order chi connectivity index (χ0) is 12.3. The van der Waals surface area contributed by atoms with Crippen molar-refractivity contribution in [2.75, 3.05) is 7.05 Å². The minimum absolute atomic E-state index is 0.0742. The first-order chi connectivity index (χ1) is 8.11. The summed E-state index contributed by atoms with van der Waals surface area (Å²) >= 11 is 0. The smallest absolute Gasteiger partial charge is 0.215 e. The molecule has 2 rings (SSSR count). The molecular formula is C10H11N3O3S. The average Bonchev–Trinajstić information content (AvgIpc) is 2.82. The lowest BCUT2D eigenvalue weighted by Crippen LogP contribution is -2.20. The molecule has 0 aliphatic heterocycles. The van der Waals surface area contributed by atoms with E-state index in [0.29, 0.717) is 11.4 Å². The van der Waals surface area contributed by atoms with Crippen molar-refractivity contribution in [3.05, 3.63) is 36.2 Å². The van der Waals surface area contributed by atoms with Gasteiger partial charge in [-0.2, -0.15) is 4.98 Å². The molecule has 0 fully saturated rings. The van der Waals surface area contributed by atoms with Crippen molar-refractivity contribution >= 4 is 10.0 Å². The zero-order valence-electron chi connectivity index (χ0n) is 9.12. The van der Waals surface area contributed by atoms with Gasteiger partial charge in [0.1, 0.15) is 0 Å². The molecule has 0 atom stereocenters. The summed E-state index contributed by atoms with van der Waals surface area (Å²) in [4.78, 5) is 3.90. The van der Waals surface area contributed by atoms with Crippen LogP contribution in [0.15, 0.2) is 35.2 Å². The molecule has 7 heteroatoms. The first-order valence-electron chi connectivity index (χ1n) is 4.87. The Morgan fingerprint density at radius 1 is 1.41 bits per heavy atom. The van der Waals surface area contributed by atoms with Crippen LogP contribution in [0.2, 0.25) is 0 Å². The summed E-state index contributed by atoms with van der Waals surface area (Å²) in [6.07, 6.45) is 1.23. The number of sulfonamides is 1. The van der Waals surface area contributed by atoms with Crippen LogP contribution in [0.3, 0.4) is 0 Å². The third-order valence-electron chi connectivity index (χ3n) is 2.21. The van der Waals surface area contributed by atoms with Gasteiger partial charge < -0.3 is 4.52 Å². The highest BCUT2D eigenvalue weighted by molar-refractivity contribution is 7.88. The molecule has 1 N–H and O–H groups in total. The summed E-state index contributed by atoms with van der Waals surface area (Å²) < 4.78 is 29.7. The maximum atomic E-state index is 11.4. The number of hydrogen-bond donors (Lipinski definition) is 1. The molecule has 0 saturated heterocycles. The summed E-state index contributed by atoms with van der Waals surface area (Å²) in [7, 11) is -1.89. The van der Waals surface area contributed by atoms with Gasteiger partial charge in [-0.1, -0.05) is 23.4 Å². The van der Waals surface area contributed by atoms with Crippen molar-refractivity contribution in [3.8, 4) is 11.4 Å². The van der Waals surface area contributed by atoms with Gasteiger partial charge in [-0.15, -0.1) is 0 Å². The van der Waals surface area contributed by atoms with E-state index in [9.17, 15) is 8.42 Å². The molecule has 0 bridgehead atoms. The molecule has 17 heavy (non-hydrogen) atoms. The molecule has 6 nitrogen and oxygen atoms in total. The highest BCUT2D eigenvalue weighted by atomic mass is 32.2. The SMILES string of the molecule is CNS(=O)(=O)Cc1cccc(-c2ncon2)c1. The summed E-state index contributed by atoms with van der Waals surface area (Å²) in [6.45, 7) is 0. The number of nitrogens with one attached hydrogen (secondary N) is 1. The van der Waals surface area contributed by atoms with Crippen LogP contribution in [-0.2, 0) is 15.8 Å². The van der Waals surface area contributed by atoms with E-state index < -0.39 is 10.0 Å². The predicted octanol–water partition coefficient (Wildman–Crippen LogP) is 0.786. The number of benzene rings is 1. The average molecular weight is 253 g/mol. The molecule has 1 aromatic heterocycles. The van der Waals surface area contributed by atoms with Crippen LogP contribution in [0.1, 0.15) is 5.56 Å². The molecule has 0 amide bonds. The molecule has 90 valence electrons. The van der Waals surface area contributed by atoms with Gasteiger partial charge in [0.05, 0.1) is 5.75 Å². The van der Waals surface area contributed by atoms with Crippen LogP contribution in [0, 0.1) is 0 Å². The van der Waals surface area contributed by atoms with Gasteiger partial charge >= 0.3 is 0 Å². The van der Waals surface area contributed by atoms with Crippen molar-refractivity contribution in [2.45, 2.75) is 5.75 Å². The molecule has 1 heterocycles. The molecular weight excluding hydrogens is 242 g/mol. The first kappa shape index (κ1) is 11.7. The van der Waals surface area contributed by atoms with Crippen LogP contribution < -0.4 is 4.72 Å². The maximum absolute atomic E-state index is 11.4. The molecule has 0 aliphatic carbocycles. The Bertz CT molecular complexity index is 593. The van der Waals surface area contributed by atoms with Gasteiger partial charge in [0.15, 0.2) is 0 Å². The van der Waals surface area contributed by atoms with Gasteiger partial charge in [0.2, 0.25) is 22.2 Å². The standard InChI is InChI=1S/C10H11N3O3S/c1-11-17(14,15)6-8-3-2-4-9(5-8)10-12-7-16-13-10/h2-5,7,11H,6H2,1H3. The molecule has 1 aromatic carbocycles. The number of rotatable bonds is 4. The maximum Gasteiger partial charge on any atom is 0.215 e. The fraction of sp³-hybridized carbons (Fsp3) is 0.200. The molecule has 2 aromatic rings. The Morgan fingerprint density at radius 2 is 2.24 bits per heavy atom. The van der Waals surface area contributed by atoms with E-state index >= 15 is 0 Å². The minimum atomic E-state index is -3.27. The second-order valence-corrected chi connectivity index (χ2v) is 5.34. The van der Waals surface area contributed by atoms with Crippen LogP contribution in [-0.4, -0.2) is 25.6 Å². The van der Waals surface area contributed by atoms with Gasteiger partial charge in [-0.25, -0.2) is 13.1 Å². The monoisotopic (exact) mass is 253 g/mol. The normalized spacial score (nSPS) is 11.6. The largest absolute Gasteiger partial charge is 0.342 e. The van der Waals surface area contributed by atoms with E-state index in [1.54, 1.807) is 24.3 Å². The lowest BCUT2D eigenvalue weighted by atomic mass is 10.1. The molecule has 0 radical (unpaired) electrons. The quantitative estimate of drug-likeness (QED) is 0.870. The second-order valence-electron chi connectivity index (χ2n) is 3.42. The third kappa shape index (κ3) is 2.89. The fourth-order valence-corrected chi connectivity index (χ4v) is 2.15. The van der Waals surface area contributed by atoms with Crippen molar-refractivity contribution < 1.29 is 12.9 Å². The molecule has 0 unspecified atom stereocenters.